The summed E-state index contributed by atoms with van der Waals surface area (Å²) in [7, 11) is 0. The van der Waals surface area contributed by atoms with Crippen LogP contribution in [0.5, 0.6) is 5.75 Å². The van der Waals surface area contributed by atoms with Gasteiger partial charge in [-0.25, -0.2) is 0 Å². The fourth-order valence-corrected chi connectivity index (χ4v) is 7.59. The van der Waals surface area contributed by atoms with E-state index >= 15 is 0 Å². The Bertz CT molecular complexity index is 2730. The summed E-state index contributed by atoms with van der Waals surface area (Å²) in [5, 5.41) is 12.2. The van der Waals surface area contributed by atoms with E-state index in [1.54, 1.807) is 6.07 Å². The smallest absolute Gasteiger partial charge is 0.124 e. The summed E-state index contributed by atoms with van der Waals surface area (Å²) in [6.45, 7) is 18.1. The van der Waals surface area contributed by atoms with Crippen molar-refractivity contribution in [2.24, 2.45) is 0 Å². The molecule has 8 rings (SSSR count). The Morgan fingerprint density at radius 2 is 1.22 bits per heavy atom. The number of para-hydroxylation sites is 2. The number of fused-ring (bicyclic) bond motifs is 1. The van der Waals surface area contributed by atoms with Gasteiger partial charge in [0.15, 0.2) is 0 Å². The fraction of sp³-hybridized carbons (Fsp3) is 0.208. The summed E-state index contributed by atoms with van der Waals surface area (Å²) in [5.41, 5.74) is 15.3. The summed E-state index contributed by atoms with van der Waals surface area (Å²) >= 11 is 0. The van der Waals surface area contributed by atoms with Crippen LogP contribution < -0.4 is 0 Å². The molecule has 58 heavy (non-hydrogen) atoms. The van der Waals surface area contributed by atoms with Crippen molar-refractivity contribution < 1.29 is 26.2 Å². The van der Waals surface area contributed by atoms with Crippen LogP contribution in [0.2, 0.25) is 0 Å². The maximum atomic E-state index is 11.0. The minimum Gasteiger partial charge on any atom is -0.507 e. The number of pyridine rings is 2. The van der Waals surface area contributed by atoms with Crippen LogP contribution in [-0.2, 0) is 31.9 Å². The zero-order valence-corrected chi connectivity index (χ0v) is 36.8. The Labute approximate surface area is 358 Å². The van der Waals surface area contributed by atoms with Crippen LogP contribution in [0.4, 0.5) is 0 Å². The van der Waals surface area contributed by atoms with Gasteiger partial charge < -0.3 is 9.67 Å². The molecule has 0 fully saturated rings. The van der Waals surface area contributed by atoms with E-state index in [1.165, 1.54) is 33.2 Å². The standard InChI is InChI=1S/C53H50N3O.Pt/c1-34(2)46-33-43(56-25-23-35-14-9-11-18-50(35)56)20-21-44(46)36-22-24-54-47(29-36)37-15-13-16-38(26-37)48-30-40(31-49(55-48)45-17-10-12-19-51(45)57)39-27-41(52(3,4)5)32-42(28-39)53(6,7)8;/h9-25,27-34,57H,1-8H3;/q-1;. The van der Waals surface area contributed by atoms with Gasteiger partial charge >= 0.3 is 0 Å². The van der Waals surface area contributed by atoms with Gasteiger partial charge in [-0.15, -0.1) is 24.3 Å². The summed E-state index contributed by atoms with van der Waals surface area (Å²) < 4.78 is 2.27. The first-order chi connectivity index (χ1) is 27.2. The van der Waals surface area contributed by atoms with E-state index in [-0.39, 0.29) is 37.6 Å². The number of rotatable bonds is 7. The van der Waals surface area contributed by atoms with E-state index < -0.39 is 0 Å². The molecule has 0 amide bonds. The van der Waals surface area contributed by atoms with Gasteiger partial charge in [-0.1, -0.05) is 133 Å². The summed E-state index contributed by atoms with van der Waals surface area (Å²) in [6.07, 6.45) is 4.05. The number of benzene rings is 5. The molecule has 294 valence electrons. The van der Waals surface area contributed by atoms with Crippen LogP contribution in [0.3, 0.4) is 0 Å². The average Bonchev–Trinajstić information content (AvgIpc) is 3.64. The predicted octanol–water partition coefficient (Wildman–Crippen LogP) is 14.0. The average molecular weight is 940 g/mol. The monoisotopic (exact) mass is 939 g/mol. The van der Waals surface area contributed by atoms with Crippen molar-refractivity contribution in [3.63, 3.8) is 0 Å². The number of phenolic OH excluding ortho intramolecular Hbond substituents is 1. The Balaban J connectivity index is 0.00000512. The van der Waals surface area contributed by atoms with Crippen molar-refractivity contribution >= 4 is 10.9 Å². The molecule has 4 nitrogen and oxygen atoms in total. The van der Waals surface area contributed by atoms with Crippen LogP contribution in [0, 0.1) is 6.07 Å². The van der Waals surface area contributed by atoms with E-state index in [2.05, 4.69) is 181 Å². The third-order valence-corrected chi connectivity index (χ3v) is 11.0. The minimum absolute atomic E-state index is 0. The zero-order valence-electron chi connectivity index (χ0n) is 34.5. The van der Waals surface area contributed by atoms with Crippen molar-refractivity contribution in [2.75, 3.05) is 0 Å². The van der Waals surface area contributed by atoms with Gasteiger partial charge in [-0.2, -0.15) is 0 Å². The molecule has 5 aromatic carbocycles. The quantitative estimate of drug-likeness (QED) is 0.162. The molecule has 0 unspecified atom stereocenters. The second-order valence-electron chi connectivity index (χ2n) is 17.5. The van der Waals surface area contributed by atoms with Crippen LogP contribution in [0.1, 0.15) is 78.0 Å². The van der Waals surface area contributed by atoms with Gasteiger partial charge in [-0.3, -0.25) is 9.97 Å². The van der Waals surface area contributed by atoms with Gasteiger partial charge in [-0.05, 0) is 110 Å². The Morgan fingerprint density at radius 1 is 0.586 bits per heavy atom. The molecule has 5 heteroatoms. The van der Waals surface area contributed by atoms with Crippen molar-refractivity contribution in [2.45, 2.75) is 72.1 Å². The van der Waals surface area contributed by atoms with E-state index in [4.69, 9.17) is 9.97 Å². The summed E-state index contributed by atoms with van der Waals surface area (Å²) in [5.74, 6) is 0.509. The van der Waals surface area contributed by atoms with Crippen LogP contribution >= 0.6 is 0 Å². The van der Waals surface area contributed by atoms with Gasteiger partial charge in [0, 0.05) is 56.1 Å². The molecule has 0 spiro atoms. The Kier molecular flexibility index (Phi) is 11.2. The molecule has 0 atom stereocenters. The van der Waals surface area contributed by atoms with E-state index in [9.17, 15) is 5.11 Å². The normalized spacial score (nSPS) is 11.9. The predicted molar refractivity (Wildman–Crippen MR) is 238 cm³/mol. The zero-order chi connectivity index (χ0) is 40.1. The molecular weight excluding hydrogens is 890 g/mol. The molecule has 0 radical (unpaired) electrons. The largest absolute Gasteiger partial charge is 0.507 e. The van der Waals surface area contributed by atoms with Crippen LogP contribution in [-0.4, -0.2) is 19.6 Å². The van der Waals surface area contributed by atoms with Gasteiger partial charge in [0.2, 0.25) is 0 Å². The molecular formula is C53H50N3OPt-. The van der Waals surface area contributed by atoms with Gasteiger partial charge in [0.1, 0.15) is 5.75 Å². The third-order valence-electron chi connectivity index (χ3n) is 11.0. The van der Waals surface area contributed by atoms with Crippen LogP contribution in [0.15, 0.2) is 146 Å². The second kappa shape index (κ2) is 16.0. The number of phenols is 1. The molecule has 0 aliphatic rings. The molecule has 3 heterocycles. The van der Waals surface area contributed by atoms with Crippen molar-refractivity contribution in [1.82, 2.24) is 14.5 Å². The first kappa shape index (κ1) is 40.6. The van der Waals surface area contributed by atoms with E-state index in [1.807, 2.05) is 24.4 Å². The number of aromatic hydroxyl groups is 1. The number of hydrogen-bond donors (Lipinski definition) is 1. The molecule has 3 aromatic heterocycles. The minimum atomic E-state index is -0.0362. The first-order valence-electron chi connectivity index (χ1n) is 19.9. The molecule has 0 saturated carbocycles. The molecule has 0 aliphatic heterocycles. The maximum Gasteiger partial charge on any atom is 0.124 e. The maximum absolute atomic E-state index is 11.0. The Morgan fingerprint density at radius 3 is 1.93 bits per heavy atom. The number of hydrogen-bond acceptors (Lipinski definition) is 3. The van der Waals surface area contributed by atoms with E-state index in [0.717, 1.165) is 44.9 Å². The van der Waals surface area contributed by atoms with Crippen molar-refractivity contribution in [1.29, 1.82) is 0 Å². The van der Waals surface area contributed by atoms with Gasteiger partial charge in [0.05, 0.1) is 11.2 Å². The number of nitrogens with zero attached hydrogens (tertiary/aromatic N) is 3. The molecule has 0 aliphatic carbocycles. The van der Waals surface area contributed by atoms with Gasteiger partial charge in [0.25, 0.3) is 0 Å². The molecule has 0 bridgehead atoms. The molecule has 1 N–H and O–H groups in total. The molecule has 8 aromatic rings. The fourth-order valence-electron chi connectivity index (χ4n) is 7.59. The second-order valence-corrected chi connectivity index (χ2v) is 17.5. The third kappa shape index (κ3) is 8.22. The Hall–Kier alpha value is -5.57. The SMILES string of the molecule is CC(C)c1cc(-n2ccc3ccccc32)ccc1-c1ccnc(-c2[c-]c(-c3cc(-c4cc(C(C)(C)C)cc(C(C)(C)C)c4)cc(-c4ccccc4O)n3)ccc2)c1.[Pt]. The van der Waals surface area contributed by atoms with E-state index in [0.29, 0.717) is 17.2 Å². The summed E-state index contributed by atoms with van der Waals surface area (Å²) in [6, 6.07) is 50.2. The molecule has 0 saturated heterocycles. The topological polar surface area (TPSA) is 50.9 Å². The van der Waals surface area contributed by atoms with Crippen molar-refractivity contribution in [3.8, 4) is 67.5 Å². The summed E-state index contributed by atoms with van der Waals surface area (Å²) in [4.78, 5) is 10.0. The van der Waals surface area contributed by atoms with Crippen LogP contribution in [0.25, 0.3) is 72.6 Å². The van der Waals surface area contributed by atoms with Crippen molar-refractivity contribution in [3.05, 3.63) is 169 Å². The number of aromatic nitrogens is 3. The first-order valence-corrected chi connectivity index (χ1v) is 19.9.